The summed E-state index contributed by atoms with van der Waals surface area (Å²) in [6.45, 7) is 4.56. The van der Waals surface area contributed by atoms with Crippen LogP contribution in [-0.2, 0) is 12.8 Å². The van der Waals surface area contributed by atoms with Crippen LogP contribution >= 0.6 is 0 Å². The number of ether oxygens (including phenoxy) is 1. The van der Waals surface area contributed by atoms with Gasteiger partial charge in [-0.15, -0.1) is 0 Å². The van der Waals surface area contributed by atoms with Crippen LogP contribution in [0.2, 0.25) is 0 Å². The molecule has 0 N–H and O–H groups in total. The molecule has 2 aromatic carbocycles. The number of aryl methyl sites for hydroxylation is 2. The fourth-order valence-electron chi connectivity index (χ4n) is 7.26. The molecule has 2 aromatic rings. The van der Waals surface area contributed by atoms with Gasteiger partial charge in [-0.3, -0.25) is 0 Å². The van der Waals surface area contributed by atoms with Crippen molar-refractivity contribution in [1.29, 1.82) is 0 Å². The zero-order chi connectivity index (χ0) is 28.5. The highest BCUT2D eigenvalue weighted by molar-refractivity contribution is 5.41. The molecule has 41 heavy (non-hydrogen) atoms. The summed E-state index contributed by atoms with van der Waals surface area (Å²) in [6, 6.07) is 17.3. The first-order chi connectivity index (χ1) is 20.3. The topological polar surface area (TPSA) is 9.23 Å². The van der Waals surface area contributed by atoms with Gasteiger partial charge in [-0.05, 0) is 85.5 Å². The molecule has 4 atom stereocenters. The van der Waals surface area contributed by atoms with Gasteiger partial charge in [-0.25, -0.2) is 0 Å². The molecular weight excluding hydrogens is 496 g/mol. The van der Waals surface area contributed by atoms with Crippen LogP contribution in [-0.4, -0.2) is 0 Å². The van der Waals surface area contributed by atoms with Crippen molar-refractivity contribution < 1.29 is 4.74 Å². The largest absolute Gasteiger partial charge is 0.457 e. The third kappa shape index (κ3) is 10.2. The standard InChI is InChI=1S/C30H46O.C10H12/c1-3-5-7-9-11-13-15-21-27-23-17-19-25-29(27)31-30-26-20-18-24-28(30)22-16-14-12-10-8-6-4-2;1-2-9-7-4-5-8(6-7)10(9)3-1/h17-20,23-26H,3-16,21-22H2,1-2H3;1-2,4-5,7-10H,3,6H2. The van der Waals surface area contributed by atoms with E-state index in [2.05, 4.69) is 86.7 Å². The maximum atomic E-state index is 6.46. The van der Waals surface area contributed by atoms with Crippen molar-refractivity contribution in [3.05, 3.63) is 84.0 Å². The molecule has 0 aliphatic heterocycles. The van der Waals surface area contributed by atoms with E-state index in [9.17, 15) is 0 Å². The number of fused-ring (bicyclic) bond motifs is 5. The highest BCUT2D eigenvalue weighted by Crippen LogP contribution is 2.52. The lowest BCUT2D eigenvalue weighted by Gasteiger charge is -2.18. The molecule has 0 aromatic heterocycles. The SMILES string of the molecule is C1=CC2C3C=CC(C3)C2C1.CCCCCCCCCc1ccccc1Oc1ccccc1CCCCCCCCC. The summed E-state index contributed by atoms with van der Waals surface area (Å²) >= 11 is 0. The van der Waals surface area contributed by atoms with E-state index < -0.39 is 0 Å². The summed E-state index contributed by atoms with van der Waals surface area (Å²) in [7, 11) is 0. The second kappa shape index (κ2) is 18.3. The van der Waals surface area contributed by atoms with Gasteiger partial charge >= 0.3 is 0 Å². The number of para-hydroxylation sites is 2. The Morgan fingerprint density at radius 2 is 1.05 bits per heavy atom. The van der Waals surface area contributed by atoms with E-state index >= 15 is 0 Å². The predicted molar refractivity (Wildman–Crippen MR) is 178 cm³/mol. The van der Waals surface area contributed by atoms with E-state index in [-0.39, 0.29) is 0 Å². The van der Waals surface area contributed by atoms with Crippen LogP contribution in [0.4, 0.5) is 0 Å². The van der Waals surface area contributed by atoms with E-state index in [0.717, 1.165) is 48.0 Å². The van der Waals surface area contributed by atoms with E-state index in [4.69, 9.17) is 4.74 Å². The van der Waals surface area contributed by atoms with Crippen LogP contribution in [0.15, 0.2) is 72.8 Å². The summed E-state index contributed by atoms with van der Waals surface area (Å²) < 4.78 is 6.46. The molecule has 5 rings (SSSR count). The first kappa shape index (κ1) is 31.7. The lowest BCUT2D eigenvalue weighted by Crippen LogP contribution is -2.12. The van der Waals surface area contributed by atoms with E-state index in [1.54, 1.807) is 0 Å². The van der Waals surface area contributed by atoms with E-state index in [0.29, 0.717) is 0 Å². The van der Waals surface area contributed by atoms with Gasteiger partial charge in [-0.2, -0.15) is 0 Å². The number of benzene rings is 2. The van der Waals surface area contributed by atoms with Crippen LogP contribution in [0.1, 0.15) is 128 Å². The van der Waals surface area contributed by atoms with Crippen LogP contribution in [0.25, 0.3) is 0 Å². The number of allylic oxidation sites excluding steroid dienone is 4. The van der Waals surface area contributed by atoms with Gasteiger partial charge in [0.1, 0.15) is 11.5 Å². The monoisotopic (exact) mass is 554 g/mol. The fourth-order valence-corrected chi connectivity index (χ4v) is 7.26. The Morgan fingerprint density at radius 3 is 1.59 bits per heavy atom. The zero-order valence-electron chi connectivity index (χ0n) is 26.4. The average molecular weight is 555 g/mol. The third-order valence-electron chi connectivity index (χ3n) is 9.72. The van der Waals surface area contributed by atoms with Crippen molar-refractivity contribution >= 4 is 0 Å². The lowest BCUT2D eigenvalue weighted by atomic mass is 9.86. The van der Waals surface area contributed by atoms with Crippen molar-refractivity contribution in [2.75, 3.05) is 0 Å². The summed E-state index contributed by atoms with van der Waals surface area (Å²) in [5.74, 6) is 5.91. The quantitative estimate of drug-likeness (QED) is 0.131. The maximum Gasteiger partial charge on any atom is 0.130 e. The Balaban J connectivity index is 0.000000316. The molecule has 1 saturated carbocycles. The van der Waals surface area contributed by atoms with Gasteiger partial charge in [-0.1, -0.05) is 152 Å². The molecule has 0 heterocycles. The van der Waals surface area contributed by atoms with Crippen LogP contribution < -0.4 is 4.74 Å². The zero-order valence-corrected chi connectivity index (χ0v) is 26.4. The van der Waals surface area contributed by atoms with Crippen molar-refractivity contribution in [2.45, 2.75) is 129 Å². The van der Waals surface area contributed by atoms with Gasteiger partial charge in [0.05, 0.1) is 0 Å². The number of hydrogen-bond donors (Lipinski definition) is 0. The molecule has 1 fully saturated rings. The second-order valence-electron chi connectivity index (χ2n) is 12.9. The third-order valence-corrected chi connectivity index (χ3v) is 9.72. The van der Waals surface area contributed by atoms with E-state index in [1.165, 1.54) is 114 Å². The Kier molecular flexibility index (Phi) is 14.1. The second-order valence-corrected chi connectivity index (χ2v) is 12.9. The highest BCUT2D eigenvalue weighted by atomic mass is 16.5. The summed E-state index contributed by atoms with van der Waals surface area (Å²) in [4.78, 5) is 0. The summed E-state index contributed by atoms with van der Waals surface area (Å²) in [6.07, 6.45) is 33.6. The normalized spacial score (nSPS) is 21.6. The maximum absolute atomic E-state index is 6.46. The average Bonchev–Trinajstić information content (AvgIpc) is 3.75. The van der Waals surface area contributed by atoms with Gasteiger partial charge in [0.15, 0.2) is 0 Å². The summed E-state index contributed by atoms with van der Waals surface area (Å²) in [5.41, 5.74) is 2.70. The van der Waals surface area contributed by atoms with Crippen molar-refractivity contribution in [3.8, 4) is 11.5 Å². The fraction of sp³-hybridized carbons (Fsp3) is 0.600. The van der Waals surface area contributed by atoms with Crippen LogP contribution in [0.3, 0.4) is 0 Å². The molecule has 0 amide bonds. The number of unbranched alkanes of at least 4 members (excludes halogenated alkanes) is 12. The molecule has 3 aliphatic rings. The molecule has 0 saturated heterocycles. The van der Waals surface area contributed by atoms with Gasteiger partial charge in [0.25, 0.3) is 0 Å². The smallest absolute Gasteiger partial charge is 0.130 e. The lowest BCUT2D eigenvalue weighted by molar-refractivity contribution is 0.398. The Labute approximate surface area is 252 Å². The minimum atomic E-state index is 0.925. The minimum Gasteiger partial charge on any atom is -0.457 e. The molecule has 4 unspecified atom stereocenters. The highest BCUT2D eigenvalue weighted by Gasteiger charge is 2.44. The van der Waals surface area contributed by atoms with Crippen molar-refractivity contribution in [3.63, 3.8) is 0 Å². The summed E-state index contributed by atoms with van der Waals surface area (Å²) in [5, 5.41) is 0. The van der Waals surface area contributed by atoms with Crippen LogP contribution in [0, 0.1) is 23.7 Å². The molecule has 224 valence electrons. The van der Waals surface area contributed by atoms with Gasteiger partial charge in [0, 0.05) is 0 Å². The van der Waals surface area contributed by atoms with Gasteiger partial charge in [0.2, 0.25) is 0 Å². The molecule has 1 nitrogen and oxygen atoms in total. The molecule has 0 radical (unpaired) electrons. The Morgan fingerprint density at radius 1 is 0.561 bits per heavy atom. The number of hydrogen-bond acceptors (Lipinski definition) is 1. The first-order valence-electron chi connectivity index (χ1n) is 17.5. The minimum absolute atomic E-state index is 0.925. The number of rotatable bonds is 18. The molecule has 2 bridgehead atoms. The van der Waals surface area contributed by atoms with E-state index in [1.807, 2.05) is 0 Å². The predicted octanol–water partition coefficient (Wildman–Crippen LogP) is 12.4. The molecule has 0 spiro atoms. The Bertz CT molecular complexity index is 989. The van der Waals surface area contributed by atoms with Gasteiger partial charge < -0.3 is 4.74 Å². The van der Waals surface area contributed by atoms with Crippen molar-refractivity contribution in [1.82, 2.24) is 0 Å². The first-order valence-corrected chi connectivity index (χ1v) is 17.5. The molecule has 3 aliphatic carbocycles. The van der Waals surface area contributed by atoms with Crippen LogP contribution in [0.5, 0.6) is 11.5 Å². The van der Waals surface area contributed by atoms with Crippen molar-refractivity contribution in [2.24, 2.45) is 23.7 Å². The molecular formula is C40H58O. The Hall–Kier alpha value is -2.28. The molecule has 1 heteroatoms.